The molecule has 0 bridgehead atoms. The summed E-state index contributed by atoms with van der Waals surface area (Å²) < 4.78 is 1.95. The number of hydrogen-bond acceptors (Lipinski definition) is 4. The summed E-state index contributed by atoms with van der Waals surface area (Å²) in [6.07, 6.45) is 4.07. The Morgan fingerprint density at radius 3 is 2.67 bits per heavy atom. The van der Waals surface area contributed by atoms with Gasteiger partial charge in [-0.1, -0.05) is 50.6 Å². The van der Waals surface area contributed by atoms with Crippen LogP contribution in [0, 0.1) is 5.92 Å². The zero-order valence-electron chi connectivity index (χ0n) is 18.0. The second kappa shape index (κ2) is 8.98. The number of aromatic nitrogens is 3. The molecule has 0 unspecified atom stereocenters. The number of nitrogens with zero attached hydrogens (tertiary/aromatic N) is 5. The van der Waals surface area contributed by atoms with E-state index in [2.05, 4.69) is 13.8 Å². The molecule has 160 valence electrons. The Kier molecular flexibility index (Phi) is 6.16. The highest BCUT2D eigenvalue weighted by Gasteiger charge is 2.36. The first-order chi connectivity index (χ1) is 14.5. The van der Waals surface area contributed by atoms with Crippen molar-refractivity contribution >= 4 is 11.8 Å². The fourth-order valence-electron chi connectivity index (χ4n) is 4.52. The van der Waals surface area contributed by atoms with E-state index < -0.39 is 0 Å². The molecule has 0 aliphatic carbocycles. The molecule has 2 aromatic rings. The minimum atomic E-state index is -0.101. The van der Waals surface area contributed by atoms with E-state index in [9.17, 15) is 9.59 Å². The molecular formula is C23H31N5O2. The van der Waals surface area contributed by atoms with Crippen molar-refractivity contribution in [2.24, 2.45) is 5.92 Å². The van der Waals surface area contributed by atoms with Crippen LogP contribution in [0.2, 0.25) is 0 Å². The van der Waals surface area contributed by atoms with Gasteiger partial charge in [0.2, 0.25) is 11.8 Å². The van der Waals surface area contributed by atoms with Crippen LogP contribution in [0.5, 0.6) is 0 Å². The molecule has 30 heavy (non-hydrogen) atoms. The maximum absolute atomic E-state index is 13.2. The van der Waals surface area contributed by atoms with Crippen LogP contribution < -0.4 is 0 Å². The van der Waals surface area contributed by atoms with Crippen LogP contribution in [0.1, 0.15) is 57.8 Å². The van der Waals surface area contributed by atoms with Gasteiger partial charge >= 0.3 is 0 Å². The van der Waals surface area contributed by atoms with Crippen LogP contribution >= 0.6 is 0 Å². The van der Waals surface area contributed by atoms with Gasteiger partial charge in [-0.15, -0.1) is 0 Å². The van der Waals surface area contributed by atoms with Gasteiger partial charge in [-0.2, -0.15) is 5.10 Å². The fourth-order valence-corrected chi connectivity index (χ4v) is 4.52. The number of fused-ring (bicyclic) bond motifs is 1. The molecule has 7 nitrogen and oxygen atoms in total. The van der Waals surface area contributed by atoms with Crippen LogP contribution in [0.15, 0.2) is 30.3 Å². The van der Waals surface area contributed by atoms with Gasteiger partial charge in [-0.25, -0.2) is 9.67 Å². The van der Waals surface area contributed by atoms with Crippen LogP contribution in [-0.4, -0.2) is 56.0 Å². The zero-order valence-corrected chi connectivity index (χ0v) is 18.0. The van der Waals surface area contributed by atoms with Crippen molar-refractivity contribution in [2.75, 3.05) is 19.6 Å². The lowest BCUT2D eigenvalue weighted by atomic mass is 9.99. The average Bonchev–Trinajstić information content (AvgIpc) is 3.08. The molecule has 7 heteroatoms. The van der Waals surface area contributed by atoms with Gasteiger partial charge in [0, 0.05) is 38.0 Å². The van der Waals surface area contributed by atoms with E-state index in [0.29, 0.717) is 38.3 Å². The summed E-state index contributed by atoms with van der Waals surface area (Å²) in [5.41, 5.74) is 0.986. The summed E-state index contributed by atoms with van der Waals surface area (Å²) in [5, 5.41) is 4.70. The number of hydrogen-bond donors (Lipinski definition) is 0. The number of benzene rings is 1. The van der Waals surface area contributed by atoms with Gasteiger partial charge in [-0.3, -0.25) is 9.59 Å². The van der Waals surface area contributed by atoms with Crippen LogP contribution in [0.4, 0.5) is 0 Å². The lowest BCUT2D eigenvalue weighted by Gasteiger charge is -2.37. The maximum Gasteiger partial charge on any atom is 0.225 e. The molecule has 4 rings (SSSR count). The van der Waals surface area contributed by atoms with E-state index in [1.807, 2.05) is 44.8 Å². The molecule has 1 fully saturated rings. The molecule has 0 radical (unpaired) electrons. The number of carbonyl (C=O) groups is 2. The molecule has 0 spiro atoms. The molecule has 3 heterocycles. The molecule has 1 saturated heterocycles. The summed E-state index contributed by atoms with van der Waals surface area (Å²) in [6.45, 7) is 6.80. The fraction of sp³-hybridized carbons (Fsp3) is 0.565. The second-order valence-corrected chi connectivity index (χ2v) is 8.60. The first-order valence-corrected chi connectivity index (χ1v) is 11.1. The summed E-state index contributed by atoms with van der Waals surface area (Å²) in [7, 11) is 0. The summed E-state index contributed by atoms with van der Waals surface area (Å²) >= 11 is 0. The Morgan fingerprint density at radius 1 is 1.10 bits per heavy atom. The molecule has 2 aliphatic heterocycles. The molecule has 2 aliphatic rings. The van der Waals surface area contributed by atoms with Crippen LogP contribution in [0.3, 0.4) is 0 Å². The lowest BCUT2D eigenvalue weighted by Crippen LogP contribution is -2.45. The highest BCUT2D eigenvalue weighted by atomic mass is 16.2. The Balaban J connectivity index is 1.50. The molecule has 1 aromatic carbocycles. The SMILES string of the molecule is CC(C)[C@H]1c2nc(-c3ccccc3)nn2CCN1C(=O)CCN1CCCCCC1=O. The molecule has 0 saturated carbocycles. The smallest absolute Gasteiger partial charge is 0.225 e. The van der Waals surface area contributed by atoms with Crippen molar-refractivity contribution in [3.05, 3.63) is 36.2 Å². The van der Waals surface area contributed by atoms with Crippen molar-refractivity contribution in [2.45, 2.75) is 58.5 Å². The van der Waals surface area contributed by atoms with Crippen LogP contribution in [0.25, 0.3) is 11.4 Å². The highest BCUT2D eigenvalue weighted by molar-refractivity contribution is 5.79. The summed E-state index contributed by atoms with van der Waals surface area (Å²) in [6, 6.07) is 9.85. The monoisotopic (exact) mass is 409 g/mol. The van der Waals surface area contributed by atoms with E-state index in [4.69, 9.17) is 10.1 Å². The summed E-state index contributed by atoms with van der Waals surface area (Å²) in [4.78, 5) is 34.1. The van der Waals surface area contributed by atoms with E-state index in [0.717, 1.165) is 37.2 Å². The zero-order chi connectivity index (χ0) is 21.1. The maximum atomic E-state index is 13.2. The van der Waals surface area contributed by atoms with Gasteiger partial charge in [0.1, 0.15) is 0 Å². The third-order valence-electron chi connectivity index (χ3n) is 6.10. The van der Waals surface area contributed by atoms with Crippen molar-refractivity contribution in [1.82, 2.24) is 24.6 Å². The molecule has 0 N–H and O–H groups in total. The minimum absolute atomic E-state index is 0.0984. The second-order valence-electron chi connectivity index (χ2n) is 8.60. The van der Waals surface area contributed by atoms with Crippen molar-refractivity contribution in [3.63, 3.8) is 0 Å². The van der Waals surface area contributed by atoms with Gasteiger partial charge in [-0.05, 0) is 18.8 Å². The molecule has 1 atom stereocenters. The highest BCUT2D eigenvalue weighted by Crippen LogP contribution is 2.32. The summed E-state index contributed by atoms with van der Waals surface area (Å²) in [5.74, 6) is 2.07. The van der Waals surface area contributed by atoms with Crippen LogP contribution in [-0.2, 0) is 16.1 Å². The number of carbonyl (C=O) groups excluding carboxylic acids is 2. The third-order valence-corrected chi connectivity index (χ3v) is 6.10. The van der Waals surface area contributed by atoms with Gasteiger partial charge in [0.15, 0.2) is 11.6 Å². The van der Waals surface area contributed by atoms with E-state index in [-0.39, 0.29) is 23.8 Å². The molecule has 1 aromatic heterocycles. The normalized spacial score (nSPS) is 19.7. The predicted molar refractivity (Wildman–Crippen MR) is 114 cm³/mol. The number of likely N-dealkylation sites (tertiary alicyclic amines) is 1. The quantitative estimate of drug-likeness (QED) is 0.760. The Bertz CT molecular complexity index is 892. The topological polar surface area (TPSA) is 71.3 Å². The Hall–Kier alpha value is -2.70. The van der Waals surface area contributed by atoms with E-state index >= 15 is 0 Å². The van der Waals surface area contributed by atoms with Gasteiger partial charge < -0.3 is 9.80 Å². The molecule has 2 amide bonds. The number of rotatable bonds is 5. The molecular weight excluding hydrogens is 378 g/mol. The number of amides is 2. The predicted octanol–water partition coefficient (Wildman–Crippen LogP) is 3.28. The first kappa shape index (κ1) is 20.6. The van der Waals surface area contributed by atoms with Crippen molar-refractivity contribution in [3.8, 4) is 11.4 Å². The minimum Gasteiger partial charge on any atom is -0.342 e. The Morgan fingerprint density at radius 2 is 1.90 bits per heavy atom. The van der Waals surface area contributed by atoms with Crippen molar-refractivity contribution < 1.29 is 9.59 Å². The van der Waals surface area contributed by atoms with E-state index in [1.54, 1.807) is 0 Å². The first-order valence-electron chi connectivity index (χ1n) is 11.1. The Labute approximate surface area is 178 Å². The van der Waals surface area contributed by atoms with Crippen molar-refractivity contribution in [1.29, 1.82) is 0 Å². The van der Waals surface area contributed by atoms with Gasteiger partial charge in [0.25, 0.3) is 0 Å². The third kappa shape index (κ3) is 4.25. The average molecular weight is 410 g/mol. The largest absolute Gasteiger partial charge is 0.342 e. The van der Waals surface area contributed by atoms with E-state index in [1.165, 1.54) is 0 Å². The standard InChI is InChI=1S/C23H31N5O2/c1-17(2)21-23-24-22(18-9-5-3-6-10-18)25-28(23)16-15-27(21)20(30)12-14-26-13-8-4-7-11-19(26)29/h3,5-6,9-10,17,21H,4,7-8,11-16H2,1-2H3/t21-/m0/s1. The lowest BCUT2D eigenvalue weighted by molar-refractivity contribution is -0.137. The van der Waals surface area contributed by atoms with Gasteiger partial charge in [0.05, 0.1) is 12.6 Å².